The molecule has 82 valence electrons. The number of rotatable bonds is 2. The zero-order valence-electron chi connectivity index (χ0n) is 8.54. The van der Waals surface area contributed by atoms with E-state index in [2.05, 4.69) is 15.7 Å². The van der Waals surface area contributed by atoms with Crippen molar-refractivity contribution in [2.75, 3.05) is 19.5 Å². The predicted molar refractivity (Wildman–Crippen MR) is 57.3 cm³/mol. The fourth-order valence-electron chi connectivity index (χ4n) is 1.03. The van der Waals surface area contributed by atoms with Crippen molar-refractivity contribution in [2.24, 2.45) is 10.8 Å². The van der Waals surface area contributed by atoms with Gasteiger partial charge in [-0.15, -0.1) is 0 Å². The molecule has 0 spiro atoms. The lowest BCUT2D eigenvalue weighted by molar-refractivity contribution is 0.387. The molecule has 0 atom stereocenters. The van der Waals surface area contributed by atoms with Crippen molar-refractivity contribution in [3.05, 3.63) is 24.0 Å². The molecule has 0 fully saturated rings. The van der Waals surface area contributed by atoms with Gasteiger partial charge in [0, 0.05) is 18.8 Å². The van der Waals surface area contributed by atoms with E-state index >= 15 is 0 Å². The fourth-order valence-corrected chi connectivity index (χ4v) is 1.03. The van der Waals surface area contributed by atoms with Crippen LogP contribution in [0.4, 0.5) is 10.1 Å². The molecular weight excluding hydrogens is 199 g/mol. The smallest absolute Gasteiger partial charge is 0.209 e. The number of benzene rings is 1. The Labute approximate surface area is 87.1 Å². The van der Waals surface area contributed by atoms with Gasteiger partial charge in [-0.3, -0.25) is 10.4 Å². The molecule has 0 radical (unpaired) electrons. The Bertz CT molecular complexity index is 367. The third kappa shape index (κ3) is 2.81. The van der Waals surface area contributed by atoms with Crippen LogP contribution in [0.5, 0.6) is 5.75 Å². The molecule has 1 rings (SSSR count). The van der Waals surface area contributed by atoms with Gasteiger partial charge in [0.1, 0.15) is 0 Å². The van der Waals surface area contributed by atoms with Crippen LogP contribution < -0.4 is 21.3 Å². The second-order valence-electron chi connectivity index (χ2n) is 2.69. The van der Waals surface area contributed by atoms with Crippen molar-refractivity contribution in [1.29, 1.82) is 0 Å². The Morgan fingerprint density at radius 1 is 1.53 bits per heavy atom. The van der Waals surface area contributed by atoms with Crippen molar-refractivity contribution in [3.8, 4) is 5.75 Å². The molecule has 0 aliphatic rings. The largest absolute Gasteiger partial charge is 0.494 e. The minimum atomic E-state index is -0.418. The Hall–Kier alpha value is -1.82. The predicted octanol–water partition coefficient (Wildman–Crippen LogP) is 0.695. The molecule has 0 unspecified atom stereocenters. The molecule has 6 heteroatoms. The molecule has 0 aliphatic heterocycles. The van der Waals surface area contributed by atoms with Gasteiger partial charge in [0.15, 0.2) is 11.6 Å². The van der Waals surface area contributed by atoms with E-state index in [0.717, 1.165) is 0 Å². The van der Waals surface area contributed by atoms with Gasteiger partial charge in [-0.2, -0.15) is 0 Å². The number of anilines is 1. The maximum Gasteiger partial charge on any atom is 0.209 e. The summed E-state index contributed by atoms with van der Waals surface area (Å²) < 4.78 is 17.9. The second kappa shape index (κ2) is 5.16. The molecule has 4 N–H and O–H groups in total. The number of aliphatic imine (C=N–C) groups is 1. The molecule has 0 saturated heterocycles. The lowest BCUT2D eigenvalue weighted by Gasteiger charge is -2.09. The van der Waals surface area contributed by atoms with E-state index in [1.165, 1.54) is 19.2 Å². The summed E-state index contributed by atoms with van der Waals surface area (Å²) >= 11 is 0. The highest BCUT2D eigenvalue weighted by atomic mass is 19.1. The lowest BCUT2D eigenvalue weighted by atomic mass is 10.3. The van der Waals surface area contributed by atoms with Crippen LogP contribution in [0.1, 0.15) is 0 Å². The standard InChI is InChI=1S/C9H13FN4O/c1-12-9(14-11)13-6-3-4-7(10)8(5-6)15-2/h3-5H,11H2,1-2H3,(H2,12,13,14). The second-order valence-corrected chi connectivity index (χ2v) is 2.69. The molecule has 1 aromatic carbocycles. The quantitative estimate of drug-likeness (QED) is 0.292. The topological polar surface area (TPSA) is 71.7 Å². The number of nitrogens with one attached hydrogen (secondary N) is 2. The number of hydrogen-bond acceptors (Lipinski definition) is 3. The summed E-state index contributed by atoms with van der Waals surface area (Å²) in [6, 6.07) is 4.36. The van der Waals surface area contributed by atoms with Gasteiger partial charge >= 0.3 is 0 Å². The molecule has 0 amide bonds. The number of hydrogen-bond donors (Lipinski definition) is 3. The summed E-state index contributed by atoms with van der Waals surface area (Å²) in [7, 11) is 2.97. The summed E-state index contributed by atoms with van der Waals surface area (Å²) in [5.41, 5.74) is 2.99. The number of guanidine groups is 1. The minimum Gasteiger partial charge on any atom is -0.494 e. The van der Waals surface area contributed by atoms with Crippen molar-refractivity contribution in [2.45, 2.75) is 0 Å². The van der Waals surface area contributed by atoms with Crippen molar-refractivity contribution in [1.82, 2.24) is 5.43 Å². The first-order valence-corrected chi connectivity index (χ1v) is 4.25. The van der Waals surface area contributed by atoms with E-state index in [4.69, 9.17) is 10.6 Å². The zero-order valence-corrected chi connectivity index (χ0v) is 8.54. The van der Waals surface area contributed by atoms with Gasteiger partial charge < -0.3 is 10.1 Å². The minimum absolute atomic E-state index is 0.160. The first-order valence-electron chi connectivity index (χ1n) is 4.25. The summed E-state index contributed by atoms with van der Waals surface area (Å²) in [5, 5.41) is 2.85. The third-order valence-electron chi connectivity index (χ3n) is 1.77. The molecule has 5 nitrogen and oxygen atoms in total. The molecule has 1 aromatic rings. The molecular formula is C9H13FN4O. The van der Waals surface area contributed by atoms with E-state index in [9.17, 15) is 4.39 Å². The summed E-state index contributed by atoms with van der Waals surface area (Å²) in [6.45, 7) is 0. The van der Waals surface area contributed by atoms with Gasteiger partial charge in [0.2, 0.25) is 5.96 Å². The SMILES string of the molecule is CN=C(NN)Nc1ccc(F)c(OC)c1. The number of nitrogens with two attached hydrogens (primary N) is 1. The van der Waals surface area contributed by atoms with Crippen LogP contribution in [0, 0.1) is 5.82 Å². The van der Waals surface area contributed by atoms with Crippen LogP contribution in [0.15, 0.2) is 23.2 Å². The van der Waals surface area contributed by atoms with Crippen LogP contribution in [-0.4, -0.2) is 20.1 Å². The number of halogens is 1. The highest BCUT2D eigenvalue weighted by Gasteiger charge is 2.04. The average Bonchev–Trinajstić information content (AvgIpc) is 2.28. The number of methoxy groups -OCH3 is 1. The number of ether oxygens (including phenoxy) is 1. The molecule has 0 aliphatic carbocycles. The Morgan fingerprint density at radius 2 is 2.27 bits per heavy atom. The monoisotopic (exact) mass is 212 g/mol. The van der Waals surface area contributed by atoms with Crippen molar-refractivity contribution in [3.63, 3.8) is 0 Å². The summed E-state index contributed by atoms with van der Waals surface area (Å²) in [4.78, 5) is 3.81. The van der Waals surface area contributed by atoms with Gasteiger partial charge in [-0.25, -0.2) is 10.2 Å². The highest BCUT2D eigenvalue weighted by Crippen LogP contribution is 2.21. The van der Waals surface area contributed by atoms with Gasteiger partial charge in [0.05, 0.1) is 7.11 Å². The maximum atomic E-state index is 13.0. The van der Waals surface area contributed by atoms with Crippen LogP contribution in [0.2, 0.25) is 0 Å². The van der Waals surface area contributed by atoms with Gasteiger partial charge in [0.25, 0.3) is 0 Å². The Morgan fingerprint density at radius 3 is 2.80 bits per heavy atom. The van der Waals surface area contributed by atoms with Crippen LogP contribution in [0.25, 0.3) is 0 Å². The Kier molecular flexibility index (Phi) is 3.87. The number of nitrogens with zero attached hydrogens (tertiary/aromatic N) is 1. The highest BCUT2D eigenvalue weighted by molar-refractivity contribution is 5.93. The van der Waals surface area contributed by atoms with Crippen LogP contribution >= 0.6 is 0 Å². The lowest BCUT2D eigenvalue weighted by Crippen LogP contribution is -2.36. The summed E-state index contributed by atoms with van der Waals surface area (Å²) in [6.07, 6.45) is 0. The third-order valence-corrected chi connectivity index (χ3v) is 1.77. The van der Waals surface area contributed by atoms with Gasteiger partial charge in [-0.05, 0) is 12.1 Å². The zero-order chi connectivity index (χ0) is 11.3. The molecule has 15 heavy (non-hydrogen) atoms. The molecule has 0 saturated carbocycles. The Balaban J connectivity index is 2.87. The van der Waals surface area contributed by atoms with Crippen molar-refractivity contribution >= 4 is 11.6 Å². The van der Waals surface area contributed by atoms with E-state index < -0.39 is 5.82 Å². The van der Waals surface area contributed by atoms with E-state index in [-0.39, 0.29) is 5.75 Å². The van der Waals surface area contributed by atoms with Crippen LogP contribution in [0.3, 0.4) is 0 Å². The molecule has 0 aromatic heterocycles. The first kappa shape index (κ1) is 11.3. The fraction of sp³-hybridized carbons (Fsp3) is 0.222. The molecule has 0 bridgehead atoms. The first-order chi connectivity index (χ1) is 7.21. The normalized spacial score (nSPS) is 11.1. The van der Waals surface area contributed by atoms with Crippen molar-refractivity contribution < 1.29 is 9.13 Å². The van der Waals surface area contributed by atoms with Crippen LogP contribution in [-0.2, 0) is 0 Å². The maximum absolute atomic E-state index is 13.0. The van der Waals surface area contributed by atoms with E-state index in [1.807, 2.05) is 0 Å². The molecule has 0 heterocycles. The van der Waals surface area contributed by atoms with E-state index in [0.29, 0.717) is 11.6 Å². The summed E-state index contributed by atoms with van der Waals surface area (Å²) in [5.74, 6) is 5.30. The number of hydrazine groups is 1. The van der Waals surface area contributed by atoms with Gasteiger partial charge in [-0.1, -0.05) is 0 Å². The average molecular weight is 212 g/mol. The van der Waals surface area contributed by atoms with E-state index in [1.54, 1.807) is 13.1 Å².